The Morgan fingerprint density at radius 1 is 0.219 bits per heavy atom. The number of benzene rings is 17. The highest BCUT2D eigenvalue weighted by Gasteiger charge is 2.38. The molecule has 0 amide bonds. The number of para-hydroxylation sites is 4. The summed E-state index contributed by atoms with van der Waals surface area (Å²) >= 11 is 0. The molecule has 0 aliphatic heterocycles. The SMILES string of the molecule is CC1(C)c2ccccc2-c2ccc(-n3c4ccccc4c4c3ccc3c5ccccc5n(-c5ccc(-c6nc(-c7ccccc7)nc(-c7ccc(-c8ccccc8)cc7)n6)cc5C#N)c34)cc21.CC1(C)c2ccccc2-c2ccc(-n3c4ccccc4c4c3ccc3c5ccccc5n(-c5ccc(-c6nc(-c7ccccc7)nc(-c7ccccc7)n6)cc5C#N)c34)cc21. The van der Waals surface area contributed by atoms with Crippen molar-refractivity contribution in [3.63, 3.8) is 0 Å². The highest BCUT2D eigenvalue weighted by molar-refractivity contribution is 6.28. The van der Waals surface area contributed by atoms with E-state index in [1.807, 2.05) is 140 Å². The Bertz CT molecular complexity index is 8580. The van der Waals surface area contributed by atoms with E-state index in [9.17, 15) is 10.5 Å². The van der Waals surface area contributed by atoms with Gasteiger partial charge in [-0.25, -0.2) is 29.9 Å². The minimum absolute atomic E-state index is 0.131. The molecule has 2 aliphatic carbocycles. The zero-order chi connectivity index (χ0) is 85.6. The monoisotopic (exact) mass is 1640 g/mol. The Labute approximate surface area is 737 Å². The molecule has 600 valence electrons. The zero-order valence-electron chi connectivity index (χ0n) is 70.3. The number of fused-ring (bicyclic) bond motifs is 20. The van der Waals surface area contributed by atoms with Gasteiger partial charge in [-0.15, -0.1) is 0 Å². The summed E-state index contributed by atoms with van der Waals surface area (Å²) in [4.78, 5) is 29.9. The first-order chi connectivity index (χ1) is 62.9. The van der Waals surface area contributed by atoms with Gasteiger partial charge in [0.2, 0.25) is 0 Å². The minimum Gasteiger partial charge on any atom is -0.309 e. The molecule has 12 heteroatoms. The molecule has 0 bridgehead atoms. The molecule has 17 aromatic carbocycles. The normalized spacial score (nSPS) is 12.8. The van der Waals surface area contributed by atoms with Crippen LogP contribution in [0.2, 0.25) is 0 Å². The Kier molecular flexibility index (Phi) is 17.1. The first-order valence-corrected chi connectivity index (χ1v) is 43.3. The molecule has 6 heterocycles. The molecule has 0 unspecified atom stereocenters. The lowest BCUT2D eigenvalue weighted by atomic mass is 9.82. The van der Waals surface area contributed by atoms with Crippen LogP contribution in [0.15, 0.2) is 388 Å². The quantitative estimate of drug-likeness (QED) is 0.124. The Hall–Kier alpha value is -17.1. The molecule has 2 aliphatic rings. The van der Waals surface area contributed by atoms with Gasteiger partial charge in [0.25, 0.3) is 0 Å². The van der Waals surface area contributed by atoms with Crippen LogP contribution in [0.25, 0.3) is 212 Å². The van der Waals surface area contributed by atoms with Gasteiger partial charge in [-0.3, -0.25) is 0 Å². The molecule has 0 atom stereocenters. The van der Waals surface area contributed by atoms with Crippen molar-refractivity contribution < 1.29 is 0 Å². The Morgan fingerprint density at radius 2 is 0.508 bits per heavy atom. The second kappa shape index (κ2) is 29.3. The van der Waals surface area contributed by atoms with Crippen LogP contribution in [0, 0.1) is 22.7 Å². The van der Waals surface area contributed by atoms with E-state index in [4.69, 9.17) is 29.9 Å². The molecule has 6 aromatic heterocycles. The van der Waals surface area contributed by atoms with Crippen LogP contribution in [-0.4, -0.2) is 48.2 Å². The van der Waals surface area contributed by atoms with E-state index in [1.165, 1.54) is 44.5 Å². The van der Waals surface area contributed by atoms with Gasteiger partial charge in [0.15, 0.2) is 34.9 Å². The molecule has 23 aromatic rings. The summed E-state index contributed by atoms with van der Waals surface area (Å²) in [5, 5.41) is 31.2. The molecular formula is C116H76N12. The topological polar surface area (TPSA) is 145 Å². The van der Waals surface area contributed by atoms with Crippen LogP contribution in [-0.2, 0) is 10.8 Å². The van der Waals surface area contributed by atoms with Crippen molar-refractivity contribution in [2.45, 2.75) is 38.5 Å². The van der Waals surface area contributed by atoms with Crippen molar-refractivity contribution in [3.05, 3.63) is 422 Å². The summed E-state index contributed by atoms with van der Waals surface area (Å²) in [6.07, 6.45) is 0. The second-order valence-electron chi connectivity index (χ2n) is 34.3. The van der Waals surface area contributed by atoms with Crippen molar-refractivity contribution >= 4 is 87.2 Å². The highest BCUT2D eigenvalue weighted by Crippen LogP contribution is 2.53. The predicted molar refractivity (Wildman–Crippen MR) is 520 cm³/mol. The van der Waals surface area contributed by atoms with Gasteiger partial charge in [-0.05, 0) is 153 Å². The summed E-state index contributed by atoms with van der Waals surface area (Å²) < 4.78 is 9.40. The van der Waals surface area contributed by atoms with Gasteiger partial charge in [0, 0.05) is 98.7 Å². The third-order valence-corrected chi connectivity index (χ3v) is 26.4. The summed E-state index contributed by atoms with van der Waals surface area (Å²) in [6.45, 7) is 9.33. The maximum absolute atomic E-state index is 11.1. The van der Waals surface area contributed by atoms with E-state index in [-0.39, 0.29) is 10.8 Å². The molecule has 0 fully saturated rings. The Balaban J connectivity index is 0.000000143. The van der Waals surface area contributed by atoms with Crippen LogP contribution in [0.5, 0.6) is 0 Å². The fraction of sp³-hybridized carbons (Fsp3) is 0.0517. The molecule has 0 spiro atoms. The molecule has 0 saturated heterocycles. The van der Waals surface area contributed by atoms with Gasteiger partial charge in [-0.2, -0.15) is 10.5 Å². The lowest BCUT2D eigenvalue weighted by Gasteiger charge is -2.22. The summed E-state index contributed by atoms with van der Waals surface area (Å²) in [5.41, 5.74) is 31.0. The van der Waals surface area contributed by atoms with Crippen LogP contribution in [0.3, 0.4) is 0 Å². The number of rotatable bonds is 11. The molecular weight excluding hydrogens is 1560 g/mol. The van der Waals surface area contributed by atoms with E-state index in [1.54, 1.807) is 0 Å². The number of nitriles is 2. The highest BCUT2D eigenvalue weighted by atomic mass is 15.1. The van der Waals surface area contributed by atoms with Crippen molar-refractivity contribution in [3.8, 4) is 137 Å². The second-order valence-corrected chi connectivity index (χ2v) is 34.3. The Morgan fingerprint density at radius 3 is 0.891 bits per heavy atom. The van der Waals surface area contributed by atoms with Crippen molar-refractivity contribution in [1.82, 2.24) is 48.2 Å². The van der Waals surface area contributed by atoms with Gasteiger partial charge in [0.1, 0.15) is 12.1 Å². The molecule has 0 saturated carbocycles. The van der Waals surface area contributed by atoms with Gasteiger partial charge in [0.05, 0.1) is 66.6 Å². The molecule has 25 rings (SSSR count). The van der Waals surface area contributed by atoms with E-state index >= 15 is 0 Å². The summed E-state index contributed by atoms with van der Waals surface area (Å²) in [5.74, 6) is 3.27. The third-order valence-electron chi connectivity index (χ3n) is 26.4. The largest absolute Gasteiger partial charge is 0.309 e. The van der Waals surface area contributed by atoms with Crippen molar-refractivity contribution in [2.24, 2.45) is 0 Å². The number of hydrogen-bond acceptors (Lipinski definition) is 8. The van der Waals surface area contributed by atoms with Crippen molar-refractivity contribution in [1.29, 1.82) is 10.5 Å². The summed E-state index contributed by atoms with van der Waals surface area (Å²) in [6, 6.07) is 141. The predicted octanol–water partition coefficient (Wildman–Crippen LogP) is 28.2. The van der Waals surface area contributed by atoms with Gasteiger partial charge < -0.3 is 18.3 Å². The van der Waals surface area contributed by atoms with Crippen LogP contribution in [0.1, 0.15) is 61.1 Å². The fourth-order valence-corrected chi connectivity index (χ4v) is 20.4. The minimum atomic E-state index is -0.139. The van der Waals surface area contributed by atoms with E-state index < -0.39 is 0 Å². The first-order valence-electron chi connectivity index (χ1n) is 43.3. The van der Waals surface area contributed by atoms with Gasteiger partial charge in [-0.1, -0.05) is 319 Å². The standard InChI is InChI=1S/C61H40N6.C55H36N6/c1-61(2)50-22-12-9-19-45(50)46-31-30-44(36-51(46)61)66-54-24-14-11-21-49(54)56-55(66)34-32-48-47-20-10-13-23-53(47)67(57(48)56)52-33-29-42(35-43(52)37-62)60-64-58(40-17-7-4-8-18-40)63-59(65-60)41-27-25-39(26-28-41)38-15-5-3-6-16-38;1-55(2)44-22-12-9-19-39(44)40-27-26-38(32-45(40)55)60-48-24-14-11-21-43(48)50-49(60)30-28-42-41-20-10-13-23-47(41)61(51(42)50)46-29-25-36(31-37(46)33-56)54-58-52(34-15-5-3-6-16-34)57-53(59-54)35-17-7-4-8-18-35/h3-36H,1-2H3;3-32H,1-2H3. The van der Waals surface area contributed by atoms with Crippen LogP contribution in [0.4, 0.5) is 0 Å². The molecule has 0 radical (unpaired) electrons. The summed E-state index contributed by atoms with van der Waals surface area (Å²) in [7, 11) is 0. The average Bonchev–Trinajstić information content (AvgIpc) is 1.54. The lowest BCUT2D eigenvalue weighted by Crippen LogP contribution is -2.15. The lowest BCUT2D eigenvalue weighted by molar-refractivity contribution is 0.660. The first kappa shape index (κ1) is 74.7. The van der Waals surface area contributed by atoms with Gasteiger partial charge >= 0.3 is 0 Å². The molecule has 128 heavy (non-hydrogen) atoms. The smallest absolute Gasteiger partial charge is 0.164 e. The molecule has 0 N–H and O–H groups in total. The van der Waals surface area contributed by atoms with E-state index in [0.717, 1.165) is 154 Å². The van der Waals surface area contributed by atoms with Crippen molar-refractivity contribution in [2.75, 3.05) is 0 Å². The molecule has 12 nitrogen and oxygen atoms in total. The maximum Gasteiger partial charge on any atom is 0.164 e. The number of aromatic nitrogens is 10. The van der Waals surface area contributed by atoms with E-state index in [2.05, 4.69) is 307 Å². The fourth-order valence-electron chi connectivity index (χ4n) is 20.4. The average molecular weight is 1640 g/mol. The van der Waals surface area contributed by atoms with Crippen LogP contribution < -0.4 is 0 Å². The zero-order valence-corrected chi connectivity index (χ0v) is 70.3. The third kappa shape index (κ3) is 11.7. The van der Waals surface area contributed by atoms with E-state index in [0.29, 0.717) is 46.1 Å². The maximum atomic E-state index is 11.1. The number of hydrogen-bond donors (Lipinski definition) is 0. The number of nitrogens with zero attached hydrogens (tertiary/aromatic N) is 12. The van der Waals surface area contributed by atoms with Crippen LogP contribution >= 0.6 is 0 Å².